The van der Waals surface area contributed by atoms with E-state index in [2.05, 4.69) is 24.3 Å². The smallest absolute Gasteiger partial charge is 0.303 e. The van der Waals surface area contributed by atoms with Gasteiger partial charge in [0.1, 0.15) is 0 Å². The lowest BCUT2D eigenvalue weighted by Crippen LogP contribution is -2.17. The number of rotatable bonds is 10. The van der Waals surface area contributed by atoms with E-state index in [-0.39, 0.29) is 18.1 Å². The fourth-order valence-electron chi connectivity index (χ4n) is 3.99. The molecule has 27 heavy (non-hydrogen) atoms. The van der Waals surface area contributed by atoms with Crippen molar-refractivity contribution >= 4 is 44.8 Å². The van der Waals surface area contributed by atoms with Crippen molar-refractivity contribution in [3.05, 3.63) is 46.3 Å². The van der Waals surface area contributed by atoms with E-state index in [0.717, 1.165) is 55.4 Å². The summed E-state index contributed by atoms with van der Waals surface area (Å²) in [4.78, 5) is 22.9. The van der Waals surface area contributed by atoms with Crippen molar-refractivity contribution < 1.29 is 14.7 Å². The molecule has 0 bridgehead atoms. The van der Waals surface area contributed by atoms with Crippen molar-refractivity contribution in [3.8, 4) is 0 Å². The third-order valence-electron chi connectivity index (χ3n) is 5.43. The second-order valence-corrected chi connectivity index (χ2v) is 8.61. The van der Waals surface area contributed by atoms with E-state index < -0.39 is 5.97 Å². The van der Waals surface area contributed by atoms with E-state index in [1.165, 1.54) is 10.3 Å². The zero-order valence-electron chi connectivity index (χ0n) is 15.3. The van der Waals surface area contributed by atoms with Gasteiger partial charge in [0.25, 0.3) is 0 Å². The molecule has 1 aromatic carbocycles. The molecule has 3 nitrogen and oxygen atoms in total. The summed E-state index contributed by atoms with van der Waals surface area (Å²) in [5, 5.41) is 12.6. The number of aliphatic carboxylic acids is 1. The van der Waals surface area contributed by atoms with Gasteiger partial charge in [0, 0.05) is 27.8 Å². The molecule has 2 atom stereocenters. The number of carboxylic acids is 1. The average Bonchev–Trinajstić information content (AvgIpc) is 3.19. The van der Waals surface area contributed by atoms with E-state index in [4.69, 9.17) is 16.7 Å². The number of unbranched alkanes of at least 4 members (excludes halogenated alkanes) is 3. The maximum atomic E-state index is 12.3. The highest BCUT2D eigenvalue weighted by atomic mass is 35.5. The summed E-state index contributed by atoms with van der Waals surface area (Å²) >= 11 is 8.01. The maximum Gasteiger partial charge on any atom is 0.303 e. The lowest BCUT2D eigenvalue weighted by Gasteiger charge is -2.18. The molecule has 2 aromatic rings. The predicted octanol–water partition coefficient (Wildman–Crippen LogP) is 6.28. The van der Waals surface area contributed by atoms with Crippen molar-refractivity contribution in [2.75, 3.05) is 0 Å². The van der Waals surface area contributed by atoms with Gasteiger partial charge in [0.15, 0.2) is 5.78 Å². The number of benzene rings is 1. The first-order chi connectivity index (χ1) is 13.1. The summed E-state index contributed by atoms with van der Waals surface area (Å²) in [6, 6.07) is 6.27. The van der Waals surface area contributed by atoms with E-state index in [9.17, 15) is 9.59 Å². The van der Waals surface area contributed by atoms with Crippen LogP contribution >= 0.6 is 22.9 Å². The number of halogens is 1. The highest BCUT2D eigenvalue weighted by Crippen LogP contribution is 2.35. The zero-order valence-corrected chi connectivity index (χ0v) is 16.9. The molecule has 0 aliphatic heterocycles. The third kappa shape index (κ3) is 5.20. The van der Waals surface area contributed by atoms with E-state index in [0.29, 0.717) is 5.92 Å². The zero-order chi connectivity index (χ0) is 19.2. The van der Waals surface area contributed by atoms with Gasteiger partial charge in [-0.05, 0) is 49.3 Å². The minimum absolute atomic E-state index is 0.0664. The molecule has 0 saturated carbocycles. The lowest BCUT2D eigenvalue weighted by atomic mass is 9.85. The van der Waals surface area contributed by atoms with Crippen LogP contribution in [0.2, 0.25) is 5.02 Å². The molecule has 0 fully saturated rings. The molecule has 0 radical (unpaired) electrons. The summed E-state index contributed by atoms with van der Waals surface area (Å²) < 4.78 is 1.20. The van der Waals surface area contributed by atoms with Gasteiger partial charge in [-0.3, -0.25) is 9.59 Å². The standard InChI is InChI=1S/C22H25ClO3S/c23-18-14-27-20-8-5-7-16(22(18)20)10-12-17-15(11-13-19(17)24)6-3-1-2-4-9-21(25)26/h5,7-8,11,13-15,17H,1-4,6,9-10,12H2,(H,25,26)/t15-,17+/m0/s1. The second kappa shape index (κ2) is 9.52. The van der Waals surface area contributed by atoms with E-state index >= 15 is 0 Å². The number of thiophene rings is 1. The number of aryl methyl sites for hydroxylation is 1. The van der Waals surface area contributed by atoms with E-state index in [1.54, 1.807) is 17.4 Å². The Hall–Kier alpha value is -1.65. The number of fused-ring (bicyclic) bond motifs is 1. The Morgan fingerprint density at radius 3 is 2.78 bits per heavy atom. The topological polar surface area (TPSA) is 54.4 Å². The lowest BCUT2D eigenvalue weighted by molar-refractivity contribution is -0.137. The molecular weight excluding hydrogens is 380 g/mol. The van der Waals surface area contributed by atoms with Crippen LogP contribution in [0.4, 0.5) is 0 Å². The third-order valence-corrected chi connectivity index (χ3v) is 6.81. The molecule has 3 rings (SSSR count). The Balaban J connectivity index is 1.51. The van der Waals surface area contributed by atoms with Crippen LogP contribution in [0.1, 0.15) is 50.5 Å². The molecule has 1 aliphatic rings. The largest absolute Gasteiger partial charge is 0.481 e. The van der Waals surface area contributed by atoms with Gasteiger partial charge in [0.2, 0.25) is 0 Å². The van der Waals surface area contributed by atoms with Gasteiger partial charge in [-0.2, -0.15) is 0 Å². The maximum absolute atomic E-state index is 12.3. The van der Waals surface area contributed by atoms with Crippen LogP contribution in [0.3, 0.4) is 0 Å². The Bertz CT molecular complexity index is 839. The summed E-state index contributed by atoms with van der Waals surface area (Å²) in [6.45, 7) is 0. The Labute approximate surface area is 169 Å². The summed E-state index contributed by atoms with van der Waals surface area (Å²) in [7, 11) is 0. The number of allylic oxidation sites excluding steroid dienone is 2. The van der Waals surface area contributed by atoms with Crippen LogP contribution in [0.25, 0.3) is 10.1 Å². The Kier molecular flexibility index (Phi) is 7.08. The van der Waals surface area contributed by atoms with Gasteiger partial charge < -0.3 is 5.11 Å². The fraction of sp³-hybridized carbons (Fsp3) is 0.455. The predicted molar refractivity (Wildman–Crippen MR) is 112 cm³/mol. The molecule has 1 N–H and O–H groups in total. The SMILES string of the molecule is O=C(O)CCCCCC[C@H]1C=CC(=O)[C@@H]1CCc1cccc2scc(Cl)c12. The first-order valence-electron chi connectivity index (χ1n) is 9.64. The minimum atomic E-state index is -0.722. The van der Waals surface area contributed by atoms with Gasteiger partial charge in [-0.15, -0.1) is 11.3 Å². The molecule has 1 aromatic heterocycles. The van der Waals surface area contributed by atoms with Gasteiger partial charge in [-0.1, -0.05) is 49.1 Å². The number of carbonyl (C=O) groups is 2. The number of hydrogen-bond donors (Lipinski definition) is 1. The molecule has 1 aliphatic carbocycles. The highest BCUT2D eigenvalue weighted by Gasteiger charge is 2.29. The molecular formula is C22H25ClO3S. The van der Waals surface area contributed by atoms with Crippen molar-refractivity contribution in [2.24, 2.45) is 11.8 Å². The van der Waals surface area contributed by atoms with Crippen LogP contribution in [-0.2, 0) is 16.0 Å². The van der Waals surface area contributed by atoms with Crippen molar-refractivity contribution in [1.29, 1.82) is 0 Å². The Morgan fingerprint density at radius 2 is 1.96 bits per heavy atom. The first kappa shape index (κ1) is 20.1. The highest BCUT2D eigenvalue weighted by molar-refractivity contribution is 7.17. The molecule has 1 heterocycles. The van der Waals surface area contributed by atoms with E-state index in [1.807, 2.05) is 5.38 Å². The monoisotopic (exact) mass is 404 g/mol. The molecule has 5 heteroatoms. The van der Waals surface area contributed by atoms with Crippen molar-refractivity contribution in [3.63, 3.8) is 0 Å². The second-order valence-electron chi connectivity index (χ2n) is 7.29. The van der Waals surface area contributed by atoms with Crippen molar-refractivity contribution in [1.82, 2.24) is 0 Å². The number of ketones is 1. The van der Waals surface area contributed by atoms with Crippen LogP contribution in [0.5, 0.6) is 0 Å². The summed E-state index contributed by atoms with van der Waals surface area (Å²) in [5.41, 5.74) is 1.23. The normalized spacial score (nSPS) is 19.2. The number of hydrogen-bond acceptors (Lipinski definition) is 3. The summed E-state index contributed by atoms with van der Waals surface area (Å²) in [6.07, 6.45) is 10.5. The molecule has 0 saturated heterocycles. The molecule has 0 amide bonds. The van der Waals surface area contributed by atoms with Crippen LogP contribution in [0, 0.1) is 11.8 Å². The van der Waals surface area contributed by atoms with Crippen LogP contribution in [0.15, 0.2) is 35.7 Å². The van der Waals surface area contributed by atoms with Gasteiger partial charge in [0.05, 0.1) is 5.02 Å². The number of carboxylic acid groups (broad SMARTS) is 1. The fourth-order valence-corrected chi connectivity index (χ4v) is 5.27. The van der Waals surface area contributed by atoms with Crippen LogP contribution < -0.4 is 0 Å². The van der Waals surface area contributed by atoms with Gasteiger partial charge >= 0.3 is 5.97 Å². The van der Waals surface area contributed by atoms with Crippen molar-refractivity contribution in [2.45, 2.75) is 51.4 Å². The molecule has 0 unspecified atom stereocenters. The molecule has 0 spiro atoms. The van der Waals surface area contributed by atoms with Crippen LogP contribution in [-0.4, -0.2) is 16.9 Å². The Morgan fingerprint density at radius 1 is 1.15 bits per heavy atom. The first-order valence-corrected chi connectivity index (χ1v) is 10.9. The molecule has 144 valence electrons. The summed E-state index contributed by atoms with van der Waals surface area (Å²) in [5.74, 6) is -0.0968. The van der Waals surface area contributed by atoms with Gasteiger partial charge in [-0.25, -0.2) is 0 Å². The average molecular weight is 405 g/mol. The number of carbonyl (C=O) groups excluding carboxylic acids is 1. The quantitative estimate of drug-likeness (QED) is 0.474. The minimum Gasteiger partial charge on any atom is -0.481 e.